The van der Waals surface area contributed by atoms with Gasteiger partial charge in [-0.05, 0) is 55.8 Å². The molecule has 0 radical (unpaired) electrons. The molecule has 0 bridgehead atoms. The highest BCUT2D eigenvalue weighted by Gasteiger charge is 2.32. The Hall–Kier alpha value is -4.52. The summed E-state index contributed by atoms with van der Waals surface area (Å²) in [5, 5.41) is 23.4. The van der Waals surface area contributed by atoms with E-state index in [0.717, 1.165) is 16.8 Å². The molecule has 2 N–H and O–H groups in total. The highest BCUT2D eigenvalue weighted by molar-refractivity contribution is 5.87. The number of nitrogens with zero attached hydrogens (tertiary/aromatic N) is 1. The molecule has 0 unspecified atom stereocenters. The Labute approximate surface area is 206 Å². The van der Waals surface area contributed by atoms with E-state index in [-0.39, 0.29) is 33.8 Å². The van der Waals surface area contributed by atoms with Crippen LogP contribution in [0.1, 0.15) is 33.7 Å². The molecule has 0 saturated heterocycles. The lowest BCUT2D eigenvalue weighted by molar-refractivity contribution is 0.441. The summed E-state index contributed by atoms with van der Waals surface area (Å²) in [6, 6.07) is 17.3. The summed E-state index contributed by atoms with van der Waals surface area (Å²) in [6.07, 6.45) is 0. The molecule has 0 saturated carbocycles. The summed E-state index contributed by atoms with van der Waals surface area (Å²) in [5.41, 5.74) is 1.63. The summed E-state index contributed by atoms with van der Waals surface area (Å²) < 4.78 is 11.1. The SMILES string of the molecule is Cc1ccc2oc(=O)c(C(c3ccc(N(C)C)cc3)c3c(O)c4cc(C)ccc4oc3=O)c(O)c2c1. The molecule has 0 atom stereocenters. The Morgan fingerprint density at radius 3 is 1.56 bits per heavy atom. The van der Waals surface area contributed by atoms with Crippen LogP contribution in [-0.4, -0.2) is 24.3 Å². The predicted octanol–water partition coefficient (Wildman–Crippen LogP) is 5.17. The van der Waals surface area contributed by atoms with Gasteiger partial charge in [-0.2, -0.15) is 0 Å². The number of anilines is 1. The van der Waals surface area contributed by atoms with Crippen LogP contribution in [-0.2, 0) is 0 Å². The van der Waals surface area contributed by atoms with Crippen molar-refractivity contribution < 1.29 is 19.0 Å². The highest BCUT2D eigenvalue weighted by atomic mass is 16.4. The van der Waals surface area contributed by atoms with Gasteiger partial charge in [-0.3, -0.25) is 0 Å². The van der Waals surface area contributed by atoms with Gasteiger partial charge < -0.3 is 23.9 Å². The van der Waals surface area contributed by atoms with Crippen LogP contribution in [0, 0.1) is 13.8 Å². The van der Waals surface area contributed by atoms with Gasteiger partial charge in [0.25, 0.3) is 0 Å². The molecule has 5 rings (SSSR count). The maximum absolute atomic E-state index is 13.3. The van der Waals surface area contributed by atoms with E-state index in [2.05, 4.69) is 0 Å². The van der Waals surface area contributed by atoms with Gasteiger partial charge in [0.2, 0.25) is 0 Å². The molecule has 2 heterocycles. The van der Waals surface area contributed by atoms with Gasteiger partial charge in [-0.15, -0.1) is 0 Å². The van der Waals surface area contributed by atoms with E-state index in [0.29, 0.717) is 16.3 Å². The molecule has 0 fully saturated rings. The predicted molar refractivity (Wildman–Crippen MR) is 139 cm³/mol. The molecule has 7 heteroatoms. The first-order chi connectivity index (χ1) is 17.2. The van der Waals surface area contributed by atoms with E-state index in [9.17, 15) is 19.8 Å². The topological polar surface area (TPSA) is 104 Å². The van der Waals surface area contributed by atoms with Crippen molar-refractivity contribution in [3.05, 3.63) is 109 Å². The van der Waals surface area contributed by atoms with Crippen molar-refractivity contribution in [3.8, 4) is 11.5 Å². The minimum Gasteiger partial charge on any atom is -0.507 e. The number of fused-ring (bicyclic) bond motifs is 2. The minimum atomic E-state index is -1.15. The standard InChI is InChI=1S/C29H25NO6/c1-15-5-11-21-19(13-15)26(31)24(28(33)35-21)23(17-7-9-18(10-8-17)30(3)4)25-27(32)20-14-16(2)6-12-22(20)36-29(25)34/h5-14,23,31-32H,1-4H3. The maximum atomic E-state index is 13.3. The number of hydrogen-bond donors (Lipinski definition) is 2. The van der Waals surface area contributed by atoms with E-state index in [4.69, 9.17) is 8.83 Å². The smallest absolute Gasteiger partial charge is 0.344 e. The van der Waals surface area contributed by atoms with Crippen LogP contribution >= 0.6 is 0 Å². The van der Waals surface area contributed by atoms with Crippen LogP contribution in [0.25, 0.3) is 21.9 Å². The fourth-order valence-corrected chi connectivity index (χ4v) is 4.58. The first kappa shape index (κ1) is 23.2. The van der Waals surface area contributed by atoms with Gasteiger partial charge in [0.1, 0.15) is 22.7 Å². The van der Waals surface area contributed by atoms with Crippen LogP contribution in [0.15, 0.2) is 79.1 Å². The van der Waals surface area contributed by atoms with Crippen molar-refractivity contribution in [2.45, 2.75) is 19.8 Å². The molecule has 36 heavy (non-hydrogen) atoms. The molecule has 182 valence electrons. The summed E-state index contributed by atoms with van der Waals surface area (Å²) in [6.45, 7) is 3.71. The summed E-state index contributed by atoms with van der Waals surface area (Å²) in [5.74, 6) is -1.77. The lowest BCUT2D eigenvalue weighted by Gasteiger charge is -2.21. The number of aryl methyl sites for hydroxylation is 2. The van der Waals surface area contributed by atoms with Crippen molar-refractivity contribution >= 4 is 27.6 Å². The molecule has 0 aliphatic rings. The third-order valence-corrected chi connectivity index (χ3v) is 6.46. The van der Waals surface area contributed by atoms with Crippen molar-refractivity contribution in [2.75, 3.05) is 19.0 Å². The normalized spacial score (nSPS) is 11.5. The van der Waals surface area contributed by atoms with Gasteiger partial charge in [0, 0.05) is 19.8 Å². The summed E-state index contributed by atoms with van der Waals surface area (Å²) in [4.78, 5) is 28.5. The lowest BCUT2D eigenvalue weighted by atomic mass is 9.84. The van der Waals surface area contributed by atoms with Crippen molar-refractivity contribution in [2.24, 2.45) is 0 Å². The zero-order valence-corrected chi connectivity index (χ0v) is 20.3. The number of hydrogen-bond acceptors (Lipinski definition) is 7. The zero-order chi connectivity index (χ0) is 25.7. The van der Waals surface area contributed by atoms with Gasteiger partial charge in [-0.25, -0.2) is 9.59 Å². The largest absolute Gasteiger partial charge is 0.507 e. The fraction of sp³-hybridized carbons (Fsp3) is 0.172. The van der Waals surface area contributed by atoms with Gasteiger partial charge in [0.15, 0.2) is 0 Å². The molecular weight excluding hydrogens is 458 g/mol. The van der Waals surface area contributed by atoms with E-state index in [1.807, 2.05) is 45.0 Å². The molecule has 3 aromatic carbocycles. The van der Waals surface area contributed by atoms with Crippen LogP contribution in [0.5, 0.6) is 11.5 Å². The second kappa shape index (κ2) is 8.61. The average molecular weight is 484 g/mol. The average Bonchev–Trinajstić information content (AvgIpc) is 2.84. The first-order valence-corrected chi connectivity index (χ1v) is 11.5. The molecule has 0 amide bonds. The Morgan fingerprint density at radius 2 is 1.14 bits per heavy atom. The van der Waals surface area contributed by atoms with E-state index in [1.165, 1.54) is 0 Å². The molecule has 0 aliphatic carbocycles. The van der Waals surface area contributed by atoms with Gasteiger partial charge in [0.05, 0.1) is 27.8 Å². The van der Waals surface area contributed by atoms with Gasteiger partial charge >= 0.3 is 11.3 Å². The first-order valence-electron chi connectivity index (χ1n) is 11.5. The van der Waals surface area contributed by atoms with Crippen LogP contribution in [0.4, 0.5) is 5.69 Å². The van der Waals surface area contributed by atoms with E-state index < -0.39 is 17.2 Å². The fourth-order valence-electron chi connectivity index (χ4n) is 4.58. The minimum absolute atomic E-state index is 0.152. The monoisotopic (exact) mass is 483 g/mol. The Bertz CT molecular complexity index is 1640. The molecular formula is C29H25NO6. The Morgan fingerprint density at radius 1 is 0.694 bits per heavy atom. The third kappa shape index (κ3) is 3.79. The summed E-state index contributed by atoms with van der Waals surface area (Å²) in [7, 11) is 3.79. The van der Waals surface area contributed by atoms with Crippen molar-refractivity contribution in [1.29, 1.82) is 0 Å². The molecule has 0 spiro atoms. The number of rotatable bonds is 4. The van der Waals surface area contributed by atoms with Crippen molar-refractivity contribution in [3.63, 3.8) is 0 Å². The highest BCUT2D eigenvalue weighted by Crippen LogP contribution is 2.42. The number of benzene rings is 3. The third-order valence-electron chi connectivity index (χ3n) is 6.46. The molecule has 7 nitrogen and oxygen atoms in total. The van der Waals surface area contributed by atoms with Crippen LogP contribution in [0.2, 0.25) is 0 Å². The number of aromatic hydroxyl groups is 2. The van der Waals surface area contributed by atoms with Gasteiger partial charge in [-0.1, -0.05) is 35.4 Å². The lowest BCUT2D eigenvalue weighted by Crippen LogP contribution is -2.21. The Balaban J connectivity index is 1.89. The van der Waals surface area contributed by atoms with Crippen molar-refractivity contribution in [1.82, 2.24) is 0 Å². The molecule has 2 aromatic heterocycles. The quantitative estimate of drug-likeness (QED) is 0.340. The van der Waals surface area contributed by atoms with E-state index >= 15 is 0 Å². The molecule has 0 aliphatic heterocycles. The zero-order valence-electron chi connectivity index (χ0n) is 20.3. The second-order valence-corrected chi connectivity index (χ2v) is 9.22. The molecule has 5 aromatic rings. The summed E-state index contributed by atoms with van der Waals surface area (Å²) >= 11 is 0. The Kier molecular flexibility index (Phi) is 5.55. The van der Waals surface area contributed by atoms with Crippen LogP contribution < -0.4 is 16.2 Å². The van der Waals surface area contributed by atoms with E-state index in [1.54, 1.807) is 48.5 Å². The van der Waals surface area contributed by atoms with Crippen LogP contribution in [0.3, 0.4) is 0 Å². The second-order valence-electron chi connectivity index (χ2n) is 9.22. The maximum Gasteiger partial charge on any atom is 0.344 e.